The molecule has 0 amide bonds. The Morgan fingerprint density at radius 2 is 1.23 bits per heavy atom. The number of benzene rings is 3. The van der Waals surface area contributed by atoms with Crippen LogP contribution in [0.2, 0.25) is 0 Å². The fraction of sp³-hybridized carbons (Fsp3) is 0.227. The monoisotopic (exact) mass is 791 g/mol. The molecule has 0 spiro atoms. The fourth-order valence-electron chi connectivity index (χ4n) is 5.95. The molecular formula is C44H42IrN2-2. The predicted molar refractivity (Wildman–Crippen MR) is 193 cm³/mol. The number of hydrogen-bond donors (Lipinski definition) is 0. The van der Waals surface area contributed by atoms with Gasteiger partial charge in [-0.25, -0.2) is 0 Å². The zero-order chi connectivity index (χ0) is 32.3. The van der Waals surface area contributed by atoms with Crippen molar-refractivity contribution in [1.29, 1.82) is 0 Å². The van der Waals surface area contributed by atoms with Gasteiger partial charge in [0, 0.05) is 38.4 Å². The molecule has 47 heavy (non-hydrogen) atoms. The zero-order valence-corrected chi connectivity index (χ0v) is 30.5. The van der Waals surface area contributed by atoms with E-state index in [-0.39, 0.29) is 30.9 Å². The van der Waals surface area contributed by atoms with Gasteiger partial charge in [-0.3, -0.25) is 0 Å². The maximum atomic E-state index is 4.59. The number of aromatic nitrogens is 2. The number of rotatable bonds is 3. The Morgan fingerprint density at radius 3 is 1.87 bits per heavy atom. The van der Waals surface area contributed by atoms with Crippen molar-refractivity contribution >= 4 is 6.08 Å². The van der Waals surface area contributed by atoms with Crippen LogP contribution in [0.5, 0.6) is 0 Å². The summed E-state index contributed by atoms with van der Waals surface area (Å²) in [5.74, 6) is 0.890. The number of hydrogen-bond acceptors (Lipinski definition) is 2. The first-order chi connectivity index (χ1) is 22.1. The molecule has 2 aliphatic carbocycles. The van der Waals surface area contributed by atoms with Crippen LogP contribution in [0.4, 0.5) is 0 Å². The molecule has 0 saturated carbocycles. The Balaban J connectivity index is 0.000000181. The molecule has 0 aliphatic heterocycles. The summed E-state index contributed by atoms with van der Waals surface area (Å²) in [7, 11) is 0. The number of nitrogens with zero attached hydrogens (tertiary/aromatic N) is 2. The average Bonchev–Trinajstić information content (AvgIpc) is 3.08. The Labute approximate surface area is 294 Å². The third-order valence-corrected chi connectivity index (χ3v) is 8.76. The van der Waals surface area contributed by atoms with Crippen LogP contribution in [0.3, 0.4) is 0 Å². The van der Waals surface area contributed by atoms with Gasteiger partial charge in [0.15, 0.2) is 0 Å². The Hall–Kier alpha value is -4.17. The van der Waals surface area contributed by atoms with Gasteiger partial charge in [-0.05, 0) is 57.0 Å². The quantitative estimate of drug-likeness (QED) is 0.170. The minimum Gasteiger partial charge on any atom is -0.305 e. The topological polar surface area (TPSA) is 25.8 Å². The molecule has 239 valence electrons. The van der Waals surface area contributed by atoms with E-state index in [1.165, 1.54) is 33.4 Å². The van der Waals surface area contributed by atoms with E-state index < -0.39 is 0 Å². The summed E-state index contributed by atoms with van der Waals surface area (Å²) in [6.45, 7) is 13.4. The Kier molecular flexibility index (Phi) is 10.4. The van der Waals surface area contributed by atoms with Crippen molar-refractivity contribution < 1.29 is 20.1 Å². The van der Waals surface area contributed by atoms with Gasteiger partial charge in [0.05, 0.1) is 0 Å². The van der Waals surface area contributed by atoms with E-state index in [0.717, 1.165) is 22.5 Å². The van der Waals surface area contributed by atoms with Crippen molar-refractivity contribution in [2.45, 2.75) is 58.3 Å². The Bertz CT molecular complexity index is 1920. The van der Waals surface area contributed by atoms with Gasteiger partial charge in [-0.1, -0.05) is 114 Å². The number of allylic oxidation sites excluding steroid dienone is 5. The van der Waals surface area contributed by atoms with E-state index in [2.05, 4.69) is 173 Å². The van der Waals surface area contributed by atoms with Crippen LogP contribution in [0.1, 0.15) is 69.7 Å². The molecule has 2 heterocycles. The first kappa shape index (κ1) is 34.2. The second-order valence-corrected chi connectivity index (χ2v) is 14.2. The van der Waals surface area contributed by atoms with E-state index in [1.54, 1.807) is 0 Å². The van der Waals surface area contributed by atoms with E-state index in [4.69, 9.17) is 0 Å². The van der Waals surface area contributed by atoms with E-state index >= 15 is 0 Å². The molecule has 0 saturated heterocycles. The van der Waals surface area contributed by atoms with Crippen molar-refractivity contribution in [3.05, 3.63) is 162 Å². The summed E-state index contributed by atoms with van der Waals surface area (Å²) in [6, 6.07) is 36.3. The molecule has 2 atom stereocenters. The van der Waals surface area contributed by atoms with Crippen LogP contribution in [0.15, 0.2) is 128 Å². The van der Waals surface area contributed by atoms with E-state index in [9.17, 15) is 0 Å². The average molecular weight is 791 g/mol. The molecule has 3 aromatic carbocycles. The van der Waals surface area contributed by atoms with Crippen molar-refractivity contribution in [3.8, 4) is 33.6 Å². The zero-order valence-electron chi connectivity index (χ0n) is 28.1. The van der Waals surface area contributed by atoms with Crippen molar-refractivity contribution in [3.63, 3.8) is 0 Å². The van der Waals surface area contributed by atoms with Crippen molar-refractivity contribution in [1.82, 2.24) is 9.97 Å². The van der Waals surface area contributed by atoms with Gasteiger partial charge in [0.2, 0.25) is 0 Å². The summed E-state index contributed by atoms with van der Waals surface area (Å²) in [5.41, 5.74) is 12.0. The SMILES string of the molecule is CC(C)(C)c1ccnc(-c2[c-]cc3c(c2)C2C=CC=CC2C=C3)c1.CC(C)(C)c1ccnc(-c2[c-]ccc(-c3ccccc3)c2)c1.[Ir]. The molecule has 0 bridgehead atoms. The molecule has 0 fully saturated rings. The van der Waals surface area contributed by atoms with Gasteiger partial charge in [0.1, 0.15) is 0 Å². The van der Waals surface area contributed by atoms with Crippen molar-refractivity contribution in [2.24, 2.45) is 5.92 Å². The molecule has 2 aromatic heterocycles. The summed E-state index contributed by atoms with van der Waals surface area (Å²) < 4.78 is 0. The molecule has 2 nitrogen and oxygen atoms in total. The second kappa shape index (κ2) is 14.3. The fourth-order valence-corrected chi connectivity index (χ4v) is 5.95. The van der Waals surface area contributed by atoms with Crippen LogP contribution in [0.25, 0.3) is 39.7 Å². The van der Waals surface area contributed by atoms with Gasteiger partial charge in [0.25, 0.3) is 0 Å². The van der Waals surface area contributed by atoms with Crippen molar-refractivity contribution in [2.75, 3.05) is 0 Å². The smallest absolute Gasteiger partial charge is 0.0163 e. The molecule has 5 aromatic rings. The summed E-state index contributed by atoms with van der Waals surface area (Å²) in [6.07, 6.45) is 17.2. The van der Waals surface area contributed by atoms with Crippen LogP contribution < -0.4 is 0 Å². The molecule has 0 N–H and O–H groups in total. The van der Waals surface area contributed by atoms with E-state index in [0.29, 0.717) is 11.8 Å². The van der Waals surface area contributed by atoms with Crippen LogP contribution in [-0.2, 0) is 30.9 Å². The second-order valence-electron chi connectivity index (χ2n) is 14.2. The maximum absolute atomic E-state index is 4.59. The third kappa shape index (κ3) is 8.04. The molecule has 2 aliphatic rings. The largest absolute Gasteiger partial charge is 0.305 e. The predicted octanol–water partition coefficient (Wildman–Crippen LogP) is 11.2. The van der Waals surface area contributed by atoms with Gasteiger partial charge in [-0.15, -0.1) is 76.4 Å². The number of fused-ring (bicyclic) bond motifs is 3. The van der Waals surface area contributed by atoms with E-state index in [1.807, 2.05) is 24.5 Å². The van der Waals surface area contributed by atoms with Crippen LogP contribution in [0, 0.1) is 18.1 Å². The molecular weight excluding hydrogens is 749 g/mol. The number of pyridine rings is 2. The summed E-state index contributed by atoms with van der Waals surface area (Å²) >= 11 is 0. The normalized spacial score (nSPS) is 16.3. The van der Waals surface area contributed by atoms with Gasteiger partial charge in [-0.2, -0.15) is 0 Å². The molecule has 3 heteroatoms. The molecule has 2 unspecified atom stereocenters. The first-order valence-electron chi connectivity index (χ1n) is 16.2. The first-order valence-corrected chi connectivity index (χ1v) is 16.2. The maximum Gasteiger partial charge on any atom is 0.0163 e. The molecule has 1 radical (unpaired) electrons. The van der Waals surface area contributed by atoms with Gasteiger partial charge >= 0.3 is 0 Å². The standard InChI is InChI=1S/C23H22N.C21H20N.Ir/c1-23(2,3)19-12-13-24-22(15-19)18-11-10-17-9-8-16-6-4-5-7-20(16)21(17)14-18;1-21(2,3)19-12-13-22-20(15-19)18-11-7-10-17(14-18)16-8-5-4-6-9-16;/h4-10,12-16,20H,1-3H3;4-10,12-15H,1-3H3;/q2*-1;. The Morgan fingerprint density at radius 1 is 0.617 bits per heavy atom. The summed E-state index contributed by atoms with van der Waals surface area (Å²) in [5, 5.41) is 0. The minimum absolute atomic E-state index is 0. The van der Waals surface area contributed by atoms with Gasteiger partial charge < -0.3 is 9.97 Å². The minimum atomic E-state index is 0. The summed E-state index contributed by atoms with van der Waals surface area (Å²) in [4.78, 5) is 9.12. The third-order valence-electron chi connectivity index (χ3n) is 8.76. The molecule has 7 rings (SSSR count). The van der Waals surface area contributed by atoms with Crippen LogP contribution in [-0.4, -0.2) is 9.97 Å². The van der Waals surface area contributed by atoms with Crippen LogP contribution >= 0.6 is 0 Å².